The summed E-state index contributed by atoms with van der Waals surface area (Å²) in [5.74, 6) is 1.06. The molecule has 6 heteroatoms. The minimum absolute atomic E-state index is 0.260. The third kappa shape index (κ3) is 3.66. The highest BCUT2D eigenvalue weighted by Crippen LogP contribution is 2.24. The van der Waals surface area contributed by atoms with Gasteiger partial charge in [0, 0.05) is 25.7 Å². The van der Waals surface area contributed by atoms with Gasteiger partial charge in [0.05, 0.1) is 0 Å². The van der Waals surface area contributed by atoms with Crippen LogP contribution in [0.5, 0.6) is 0 Å². The van der Waals surface area contributed by atoms with E-state index in [0.29, 0.717) is 31.5 Å². The fourth-order valence-corrected chi connectivity index (χ4v) is 4.16. The smallest absolute Gasteiger partial charge is 0.279 e. The quantitative estimate of drug-likeness (QED) is 0.792. The first-order chi connectivity index (χ1) is 8.47. The number of rotatable bonds is 4. The van der Waals surface area contributed by atoms with Gasteiger partial charge in [-0.25, -0.2) is 4.72 Å². The van der Waals surface area contributed by atoms with E-state index in [4.69, 9.17) is 5.73 Å². The van der Waals surface area contributed by atoms with Gasteiger partial charge < -0.3 is 5.73 Å². The van der Waals surface area contributed by atoms with Crippen molar-refractivity contribution in [3.05, 3.63) is 0 Å². The fraction of sp³-hybridized carbons (Fsp3) is 1.00. The maximum absolute atomic E-state index is 12.1. The lowest BCUT2D eigenvalue weighted by Crippen LogP contribution is -2.45. The van der Waals surface area contributed by atoms with Crippen molar-refractivity contribution in [3.63, 3.8) is 0 Å². The van der Waals surface area contributed by atoms with Crippen LogP contribution < -0.4 is 10.5 Å². The first-order valence-corrected chi connectivity index (χ1v) is 8.41. The number of piperidine rings is 1. The van der Waals surface area contributed by atoms with Crippen LogP contribution in [0, 0.1) is 11.8 Å². The average Bonchev–Trinajstić information content (AvgIpc) is 2.73. The van der Waals surface area contributed by atoms with Crippen LogP contribution in [0.3, 0.4) is 0 Å². The maximum atomic E-state index is 12.1. The van der Waals surface area contributed by atoms with Gasteiger partial charge in [0.2, 0.25) is 0 Å². The Labute approximate surface area is 110 Å². The maximum Gasteiger partial charge on any atom is 0.279 e. The molecular formula is C12H25N3O2S. The van der Waals surface area contributed by atoms with Crippen molar-refractivity contribution >= 4 is 10.2 Å². The first kappa shape index (κ1) is 14.2. The van der Waals surface area contributed by atoms with Crippen molar-refractivity contribution < 1.29 is 8.42 Å². The van der Waals surface area contributed by atoms with E-state index in [1.165, 1.54) is 0 Å². The number of nitrogens with two attached hydrogens (primary N) is 1. The summed E-state index contributed by atoms with van der Waals surface area (Å²) in [6.07, 6.45) is 4.94. The van der Waals surface area contributed by atoms with Crippen molar-refractivity contribution in [1.29, 1.82) is 0 Å². The largest absolute Gasteiger partial charge is 0.328 e. The third-order valence-electron chi connectivity index (χ3n) is 4.22. The fourth-order valence-electron chi connectivity index (χ4n) is 2.84. The Balaban J connectivity index is 1.80. The zero-order valence-corrected chi connectivity index (χ0v) is 12.0. The SMILES string of the molecule is CC1CCN(S(=O)(=O)NCC2CCC(N)C2)CC1. The van der Waals surface area contributed by atoms with Crippen molar-refractivity contribution in [3.8, 4) is 0 Å². The molecule has 1 heterocycles. The highest BCUT2D eigenvalue weighted by Gasteiger charge is 2.28. The second kappa shape index (κ2) is 5.86. The van der Waals surface area contributed by atoms with Gasteiger partial charge in [0.15, 0.2) is 0 Å². The van der Waals surface area contributed by atoms with Gasteiger partial charge >= 0.3 is 0 Å². The molecule has 2 atom stereocenters. The summed E-state index contributed by atoms with van der Waals surface area (Å²) in [7, 11) is -3.27. The van der Waals surface area contributed by atoms with E-state index in [1.54, 1.807) is 4.31 Å². The molecule has 5 nitrogen and oxygen atoms in total. The second-order valence-corrected chi connectivity index (χ2v) is 7.63. The number of nitrogens with one attached hydrogen (secondary N) is 1. The third-order valence-corrected chi connectivity index (χ3v) is 5.80. The van der Waals surface area contributed by atoms with Crippen molar-refractivity contribution in [2.45, 2.75) is 45.1 Å². The molecule has 1 saturated carbocycles. The Bertz CT molecular complexity index is 364. The van der Waals surface area contributed by atoms with E-state index in [-0.39, 0.29) is 6.04 Å². The van der Waals surface area contributed by atoms with Gasteiger partial charge in [0.1, 0.15) is 0 Å². The molecule has 0 aromatic heterocycles. The Hall–Kier alpha value is -0.170. The Morgan fingerprint density at radius 2 is 1.89 bits per heavy atom. The zero-order chi connectivity index (χ0) is 13.2. The van der Waals surface area contributed by atoms with Crippen LogP contribution in [-0.2, 0) is 10.2 Å². The van der Waals surface area contributed by atoms with Gasteiger partial charge in [-0.3, -0.25) is 0 Å². The summed E-state index contributed by atoms with van der Waals surface area (Å²) in [6, 6.07) is 0.260. The van der Waals surface area contributed by atoms with Crippen LogP contribution in [0.2, 0.25) is 0 Å². The van der Waals surface area contributed by atoms with Crippen molar-refractivity contribution in [2.75, 3.05) is 19.6 Å². The number of hydrogen-bond donors (Lipinski definition) is 2. The van der Waals surface area contributed by atoms with Crippen LogP contribution in [0.25, 0.3) is 0 Å². The molecule has 18 heavy (non-hydrogen) atoms. The summed E-state index contributed by atoms with van der Waals surface area (Å²) in [5, 5.41) is 0. The molecule has 0 amide bonds. The molecule has 2 rings (SSSR count). The Kier molecular flexibility index (Phi) is 4.64. The second-order valence-electron chi connectivity index (χ2n) is 5.87. The Morgan fingerprint density at radius 3 is 2.44 bits per heavy atom. The molecule has 2 fully saturated rings. The van der Waals surface area contributed by atoms with Crippen LogP contribution in [0.1, 0.15) is 39.0 Å². The summed E-state index contributed by atoms with van der Waals surface area (Å²) < 4.78 is 28.6. The first-order valence-electron chi connectivity index (χ1n) is 6.97. The van der Waals surface area contributed by atoms with E-state index in [9.17, 15) is 8.42 Å². The van der Waals surface area contributed by atoms with E-state index in [1.807, 2.05) is 0 Å². The molecule has 0 aromatic rings. The van der Waals surface area contributed by atoms with E-state index in [0.717, 1.165) is 32.1 Å². The molecule has 0 radical (unpaired) electrons. The summed E-state index contributed by atoms with van der Waals surface area (Å²) in [4.78, 5) is 0. The van der Waals surface area contributed by atoms with E-state index in [2.05, 4.69) is 11.6 Å². The summed E-state index contributed by atoms with van der Waals surface area (Å²) in [5.41, 5.74) is 5.83. The molecule has 1 aliphatic carbocycles. The van der Waals surface area contributed by atoms with Crippen LogP contribution >= 0.6 is 0 Å². The molecule has 3 N–H and O–H groups in total. The van der Waals surface area contributed by atoms with E-state index >= 15 is 0 Å². The van der Waals surface area contributed by atoms with Gasteiger partial charge in [-0.1, -0.05) is 6.92 Å². The van der Waals surface area contributed by atoms with Crippen LogP contribution in [-0.4, -0.2) is 38.4 Å². The molecule has 0 spiro atoms. The topological polar surface area (TPSA) is 75.4 Å². The number of nitrogens with zero attached hydrogens (tertiary/aromatic N) is 1. The summed E-state index contributed by atoms with van der Waals surface area (Å²) >= 11 is 0. The minimum atomic E-state index is -3.27. The predicted octanol–water partition coefficient (Wildman–Crippen LogP) is 0.680. The zero-order valence-electron chi connectivity index (χ0n) is 11.1. The van der Waals surface area contributed by atoms with Gasteiger partial charge in [-0.2, -0.15) is 12.7 Å². The molecule has 1 saturated heterocycles. The molecular weight excluding hydrogens is 250 g/mol. The molecule has 0 aromatic carbocycles. The van der Waals surface area contributed by atoms with Gasteiger partial charge in [-0.05, 0) is 43.9 Å². The highest BCUT2D eigenvalue weighted by atomic mass is 32.2. The Morgan fingerprint density at radius 1 is 1.22 bits per heavy atom. The molecule has 1 aliphatic heterocycles. The van der Waals surface area contributed by atoms with Crippen molar-refractivity contribution in [1.82, 2.24) is 9.03 Å². The van der Waals surface area contributed by atoms with Crippen molar-refractivity contribution in [2.24, 2.45) is 17.6 Å². The summed E-state index contributed by atoms with van der Waals surface area (Å²) in [6.45, 7) is 4.03. The van der Waals surface area contributed by atoms with E-state index < -0.39 is 10.2 Å². The highest BCUT2D eigenvalue weighted by molar-refractivity contribution is 7.87. The molecule has 2 aliphatic rings. The monoisotopic (exact) mass is 275 g/mol. The normalized spacial score (nSPS) is 31.9. The predicted molar refractivity (Wildman–Crippen MR) is 72.2 cm³/mol. The van der Waals surface area contributed by atoms with Crippen LogP contribution in [0.4, 0.5) is 0 Å². The molecule has 2 unspecified atom stereocenters. The standard InChI is InChI=1S/C12H25N3O2S/c1-10-4-6-15(7-5-10)18(16,17)14-9-11-2-3-12(13)8-11/h10-12,14H,2-9,13H2,1H3. The lowest BCUT2D eigenvalue weighted by Gasteiger charge is -2.29. The van der Waals surface area contributed by atoms with Gasteiger partial charge in [-0.15, -0.1) is 0 Å². The van der Waals surface area contributed by atoms with Crippen LogP contribution in [0.15, 0.2) is 0 Å². The minimum Gasteiger partial charge on any atom is -0.328 e. The van der Waals surface area contributed by atoms with Gasteiger partial charge in [0.25, 0.3) is 10.2 Å². The molecule has 106 valence electrons. The number of hydrogen-bond acceptors (Lipinski definition) is 3. The lowest BCUT2D eigenvalue weighted by atomic mass is 10.0. The average molecular weight is 275 g/mol. The lowest BCUT2D eigenvalue weighted by molar-refractivity contribution is 0.284. The molecule has 0 bridgehead atoms.